The molecule has 1 saturated carbocycles. The molecule has 33 heavy (non-hydrogen) atoms. The third kappa shape index (κ3) is 4.37. The molecule has 1 aromatic carbocycles. The monoisotopic (exact) mass is 462 g/mol. The number of halogens is 3. The van der Waals surface area contributed by atoms with E-state index in [4.69, 9.17) is 5.41 Å². The third-order valence-corrected chi connectivity index (χ3v) is 7.32. The second-order valence-electron chi connectivity index (χ2n) is 9.25. The minimum absolute atomic E-state index is 0.0341. The first-order valence-electron chi connectivity index (χ1n) is 11.3. The molecule has 1 heterocycles. The average Bonchev–Trinajstić information content (AvgIpc) is 3.21. The van der Waals surface area contributed by atoms with Crippen molar-refractivity contribution in [2.24, 2.45) is 17.8 Å². The Labute approximate surface area is 191 Å². The van der Waals surface area contributed by atoms with Crippen LogP contribution in [0.2, 0.25) is 0 Å². The number of alkyl halides is 3. The van der Waals surface area contributed by atoms with Gasteiger partial charge in [0, 0.05) is 50.1 Å². The molecule has 9 heteroatoms. The lowest BCUT2D eigenvalue weighted by atomic mass is 10.0. The van der Waals surface area contributed by atoms with E-state index in [0.717, 1.165) is 23.8 Å². The predicted octanol–water partition coefficient (Wildman–Crippen LogP) is 3.40. The predicted molar refractivity (Wildman–Crippen MR) is 119 cm³/mol. The van der Waals surface area contributed by atoms with Crippen molar-refractivity contribution in [3.63, 3.8) is 0 Å². The fourth-order valence-electron chi connectivity index (χ4n) is 5.32. The van der Waals surface area contributed by atoms with Crippen molar-refractivity contribution >= 4 is 23.1 Å². The Morgan fingerprint density at radius 3 is 2.45 bits per heavy atom. The summed E-state index contributed by atoms with van der Waals surface area (Å²) in [6, 6.07) is 4.20. The van der Waals surface area contributed by atoms with E-state index >= 15 is 0 Å². The molecule has 2 fully saturated rings. The van der Waals surface area contributed by atoms with Crippen LogP contribution < -0.4 is 10.2 Å². The molecule has 0 bridgehead atoms. The van der Waals surface area contributed by atoms with Crippen molar-refractivity contribution in [3.05, 3.63) is 40.6 Å². The van der Waals surface area contributed by atoms with Gasteiger partial charge in [0.05, 0.1) is 12.1 Å². The van der Waals surface area contributed by atoms with E-state index in [9.17, 15) is 22.8 Å². The largest absolute Gasteiger partial charge is 0.416 e. The number of nitrogens with one attached hydrogen (secondary N) is 2. The summed E-state index contributed by atoms with van der Waals surface area (Å²) in [6.07, 6.45) is -3.64. The zero-order valence-corrected chi connectivity index (χ0v) is 19.1. The van der Waals surface area contributed by atoms with Gasteiger partial charge in [-0.05, 0) is 48.8 Å². The highest BCUT2D eigenvalue weighted by Gasteiger charge is 2.55. The minimum atomic E-state index is -4.39. The number of Topliss-reactive ketones (excluding diaryl/α,β-unsaturated/α-hetero) is 1. The number of carbonyl (C=O) groups is 2. The summed E-state index contributed by atoms with van der Waals surface area (Å²) in [5.74, 6) is 0.782. The molecule has 0 spiro atoms. The van der Waals surface area contributed by atoms with E-state index < -0.39 is 11.7 Å². The molecule has 1 aromatic rings. The number of carbonyl (C=O) groups excluding carboxylic acids is 2. The molecule has 1 amide bonds. The molecule has 4 rings (SSSR count). The van der Waals surface area contributed by atoms with Crippen molar-refractivity contribution in [1.82, 2.24) is 10.2 Å². The number of amides is 1. The Bertz CT molecular complexity index is 1030. The van der Waals surface area contributed by atoms with Gasteiger partial charge in [-0.1, -0.05) is 13.0 Å². The van der Waals surface area contributed by atoms with Gasteiger partial charge in [0.2, 0.25) is 5.91 Å². The number of hydrogen-bond acceptors (Lipinski definition) is 5. The zero-order chi connectivity index (χ0) is 24.1. The Balaban J connectivity index is 1.36. The number of rotatable bonds is 6. The second kappa shape index (κ2) is 8.50. The Kier molecular flexibility index (Phi) is 6.01. The molecular formula is C24H29F3N4O2. The van der Waals surface area contributed by atoms with Crippen LogP contribution in [0.1, 0.15) is 31.4 Å². The van der Waals surface area contributed by atoms with Crippen LogP contribution in [-0.2, 0) is 15.8 Å². The first-order chi connectivity index (χ1) is 15.5. The molecule has 6 nitrogen and oxygen atoms in total. The standard InChI is InChI=1S/C24H29F3N4O2/c1-13-16-11-18(22(21(13)16)23(28)15(3)32)29-12-20(33)31-9-7-30(8-10-31)19-6-4-5-17(14(19)2)24(25,26)27/h4-6,13,16,21,28-29H,7-12H2,1-3H3. The number of fused-ring (bicyclic) bond motifs is 1. The van der Waals surface area contributed by atoms with Gasteiger partial charge >= 0.3 is 6.18 Å². The highest BCUT2D eigenvalue weighted by Crippen LogP contribution is 2.59. The molecule has 2 N–H and O–H groups in total. The quantitative estimate of drug-likeness (QED) is 0.636. The fraction of sp³-hybridized carbons (Fsp3) is 0.542. The summed E-state index contributed by atoms with van der Waals surface area (Å²) in [5, 5.41) is 11.3. The summed E-state index contributed by atoms with van der Waals surface area (Å²) in [4.78, 5) is 28.1. The topological polar surface area (TPSA) is 76.5 Å². The van der Waals surface area contributed by atoms with Crippen LogP contribution in [0.25, 0.3) is 0 Å². The Morgan fingerprint density at radius 1 is 1.18 bits per heavy atom. The number of hydrogen-bond donors (Lipinski definition) is 2. The lowest BCUT2D eigenvalue weighted by molar-refractivity contribution is -0.138. The van der Waals surface area contributed by atoms with Crippen LogP contribution in [-0.4, -0.2) is 55.0 Å². The number of anilines is 1. The van der Waals surface area contributed by atoms with Gasteiger partial charge in [0.15, 0.2) is 5.78 Å². The zero-order valence-electron chi connectivity index (χ0n) is 19.1. The maximum absolute atomic E-state index is 13.2. The van der Waals surface area contributed by atoms with E-state index in [-0.39, 0.29) is 35.4 Å². The second-order valence-corrected chi connectivity index (χ2v) is 9.25. The summed E-state index contributed by atoms with van der Waals surface area (Å²) in [6.45, 7) is 6.84. The molecular weight excluding hydrogens is 433 g/mol. The van der Waals surface area contributed by atoms with Gasteiger partial charge < -0.3 is 15.1 Å². The number of piperazine rings is 1. The van der Waals surface area contributed by atoms with Crippen LogP contribution >= 0.6 is 0 Å². The fourth-order valence-corrected chi connectivity index (χ4v) is 5.32. The van der Waals surface area contributed by atoms with Crippen LogP contribution in [0, 0.1) is 30.1 Å². The van der Waals surface area contributed by atoms with Gasteiger partial charge in [-0.15, -0.1) is 0 Å². The van der Waals surface area contributed by atoms with Crippen LogP contribution in [0.3, 0.4) is 0 Å². The van der Waals surface area contributed by atoms with E-state index in [2.05, 4.69) is 12.2 Å². The van der Waals surface area contributed by atoms with E-state index in [1.807, 2.05) is 4.90 Å². The van der Waals surface area contributed by atoms with Crippen molar-refractivity contribution < 1.29 is 22.8 Å². The lowest BCUT2D eigenvalue weighted by Gasteiger charge is -2.37. The molecule has 1 saturated heterocycles. The van der Waals surface area contributed by atoms with Crippen molar-refractivity contribution in [1.29, 1.82) is 5.41 Å². The minimum Gasteiger partial charge on any atom is -0.379 e. The SMILES string of the molecule is CC(=O)C(=N)C1=C(NCC(=O)N2CCN(c3cccc(C(F)(F)F)c3C)CC2)CC2C(C)C12. The highest BCUT2D eigenvalue weighted by molar-refractivity contribution is 6.44. The first kappa shape index (κ1) is 23.3. The average molecular weight is 463 g/mol. The normalized spacial score (nSPS) is 24.6. The molecule has 3 aliphatic rings. The van der Waals surface area contributed by atoms with Crippen LogP contribution in [0.4, 0.5) is 18.9 Å². The summed E-state index contributed by atoms with van der Waals surface area (Å²) < 4.78 is 39.7. The number of allylic oxidation sites excluding steroid dienone is 2. The summed E-state index contributed by atoms with van der Waals surface area (Å²) in [5.41, 5.74) is 1.74. The summed E-state index contributed by atoms with van der Waals surface area (Å²) >= 11 is 0. The van der Waals surface area contributed by atoms with Crippen molar-refractivity contribution in [3.8, 4) is 0 Å². The summed E-state index contributed by atoms with van der Waals surface area (Å²) in [7, 11) is 0. The number of ketones is 1. The first-order valence-corrected chi connectivity index (χ1v) is 11.3. The molecule has 0 aromatic heterocycles. The van der Waals surface area contributed by atoms with E-state index in [1.165, 1.54) is 19.9 Å². The maximum atomic E-state index is 13.2. The molecule has 178 valence electrons. The molecule has 3 unspecified atom stereocenters. The molecule has 0 radical (unpaired) electrons. The molecule has 2 aliphatic carbocycles. The Hall–Kier alpha value is -2.84. The van der Waals surface area contributed by atoms with Gasteiger partial charge in [-0.25, -0.2) is 0 Å². The molecule has 1 aliphatic heterocycles. The Morgan fingerprint density at radius 2 is 1.85 bits per heavy atom. The van der Waals surface area contributed by atoms with Crippen LogP contribution in [0.15, 0.2) is 29.5 Å². The number of nitrogens with zero attached hydrogens (tertiary/aromatic N) is 2. The van der Waals surface area contributed by atoms with Gasteiger partial charge in [-0.2, -0.15) is 13.2 Å². The van der Waals surface area contributed by atoms with Crippen molar-refractivity contribution in [2.45, 2.75) is 33.4 Å². The van der Waals surface area contributed by atoms with Gasteiger partial charge in [-0.3, -0.25) is 15.0 Å². The maximum Gasteiger partial charge on any atom is 0.416 e. The highest BCUT2D eigenvalue weighted by atomic mass is 19.4. The van der Waals surface area contributed by atoms with E-state index in [1.54, 1.807) is 11.0 Å². The third-order valence-electron chi connectivity index (χ3n) is 7.32. The van der Waals surface area contributed by atoms with Gasteiger partial charge in [0.25, 0.3) is 0 Å². The lowest BCUT2D eigenvalue weighted by Crippen LogP contribution is -2.51. The number of benzene rings is 1. The van der Waals surface area contributed by atoms with Crippen LogP contribution in [0.5, 0.6) is 0 Å². The molecule has 3 atom stereocenters. The van der Waals surface area contributed by atoms with Gasteiger partial charge in [0.1, 0.15) is 5.71 Å². The van der Waals surface area contributed by atoms with E-state index in [0.29, 0.717) is 43.7 Å². The smallest absolute Gasteiger partial charge is 0.379 e. The van der Waals surface area contributed by atoms with Crippen molar-refractivity contribution in [2.75, 3.05) is 37.6 Å².